The second-order valence-corrected chi connectivity index (χ2v) is 6.59. The fourth-order valence-electron chi connectivity index (χ4n) is 1.71. The van der Waals surface area contributed by atoms with Crippen molar-refractivity contribution in [3.8, 4) is 0 Å². The average Bonchev–Trinajstić information content (AvgIpc) is 2.23. The molecule has 0 aromatic rings. The lowest BCUT2D eigenvalue weighted by atomic mass is 10.1. The molecule has 0 aromatic carbocycles. The summed E-state index contributed by atoms with van der Waals surface area (Å²) in [5.74, 6) is -0.929. The summed E-state index contributed by atoms with van der Waals surface area (Å²) < 4.78 is 33.0. The fourth-order valence-corrected chi connectivity index (χ4v) is 3.09. The Morgan fingerprint density at radius 1 is 1.50 bits per heavy atom. The smallest absolute Gasteiger partial charge is 0.303 e. The molecule has 106 valence electrons. The van der Waals surface area contributed by atoms with Crippen LogP contribution in [-0.4, -0.2) is 55.6 Å². The SMILES string of the molecule is CC1(C)CN(S(=O)(=O)NCCCC(=O)O)CCO1. The van der Waals surface area contributed by atoms with E-state index in [4.69, 9.17) is 9.84 Å². The van der Waals surface area contributed by atoms with E-state index in [-0.39, 0.29) is 19.4 Å². The average molecular weight is 280 g/mol. The minimum absolute atomic E-state index is 0.0445. The van der Waals surface area contributed by atoms with Crippen LogP contribution in [0.5, 0.6) is 0 Å². The van der Waals surface area contributed by atoms with Crippen molar-refractivity contribution < 1.29 is 23.1 Å². The van der Waals surface area contributed by atoms with Gasteiger partial charge in [-0.05, 0) is 20.3 Å². The Balaban J connectivity index is 2.45. The number of hydrogen-bond donors (Lipinski definition) is 2. The van der Waals surface area contributed by atoms with Crippen LogP contribution >= 0.6 is 0 Å². The predicted octanol–water partition coefficient (Wildman–Crippen LogP) is -0.204. The van der Waals surface area contributed by atoms with Gasteiger partial charge in [0.05, 0.1) is 12.2 Å². The van der Waals surface area contributed by atoms with Crippen molar-refractivity contribution in [2.75, 3.05) is 26.2 Å². The molecule has 1 aliphatic heterocycles. The molecule has 8 heteroatoms. The summed E-state index contributed by atoms with van der Waals surface area (Å²) >= 11 is 0. The van der Waals surface area contributed by atoms with Crippen molar-refractivity contribution in [3.05, 3.63) is 0 Å². The van der Waals surface area contributed by atoms with Gasteiger partial charge in [-0.25, -0.2) is 4.72 Å². The Labute approximate surface area is 107 Å². The highest BCUT2D eigenvalue weighted by molar-refractivity contribution is 7.87. The van der Waals surface area contributed by atoms with Crippen LogP contribution in [0.2, 0.25) is 0 Å². The van der Waals surface area contributed by atoms with Gasteiger partial charge in [-0.15, -0.1) is 0 Å². The molecule has 1 heterocycles. The van der Waals surface area contributed by atoms with E-state index in [2.05, 4.69) is 4.72 Å². The third-order valence-electron chi connectivity index (χ3n) is 2.58. The molecule has 1 fully saturated rings. The molecule has 1 rings (SSSR count). The first-order valence-corrected chi connectivity index (χ1v) is 7.27. The third kappa shape index (κ3) is 4.89. The Hall–Kier alpha value is -0.700. The van der Waals surface area contributed by atoms with E-state index >= 15 is 0 Å². The Bertz CT molecular complexity index is 393. The van der Waals surface area contributed by atoms with Gasteiger partial charge in [-0.1, -0.05) is 0 Å². The molecule has 18 heavy (non-hydrogen) atoms. The van der Waals surface area contributed by atoms with Crippen LogP contribution in [0.3, 0.4) is 0 Å². The number of carboxylic acids is 1. The lowest BCUT2D eigenvalue weighted by Crippen LogP contribution is -2.53. The molecular weight excluding hydrogens is 260 g/mol. The first-order valence-electron chi connectivity index (χ1n) is 5.83. The number of carbonyl (C=O) groups is 1. The highest BCUT2D eigenvalue weighted by atomic mass is 32.2. The van der Waals surface area contributed by atoms with Gasteiger partial charge in [-0.2, -0.15) is 12.7 Å². The standard InChI is InChI=1S/C10H20N2O5S/c1-10(2)8-12(6-7-17-10)18(15,16)11-5-3-4-9(13)14/h11H,3-8H2,1-2H3,(H,13,14). The highest BCUT2D eigenvalue weighted by Gasteiger charge is 2.33. The van der Waals surface area contributed by atoms with Gasteiger partial charge in [0.1, 0.15) is 0 Å². The Morgan fingerprint density at radius 3 is 2.72 bits per heavy atom. The minimum atomic E-state index is -3.54. The van der Waals surface area contributed by atoms with Crippen molar-refractivity contribution in [2.45, 2.75) is 32.3 Å². The molecule has 0 radical (unpaired) electrons. The molecule has 0 aliphatic carbocycles. The monoisotopic (exact) mass is 280 g/mol. The van der Waals surface area contributed by atoms with Crippen LogP contribution in [0.1, 0.15) is 26.7 Å². The third-order valence-corrected chi connectivity index (χ3v) is 4.14. The lowest BCUT2D eigenvalue weighted by Gasteiger charge is -2.37. The van der Waals surface area contributed by atoms with Crippen molar-refractivity contribution in [3.63, 3.8) is 0 Å². The van der Waals surface area contributed by atoms with E-state index in [1.54, 1.807) is 0 Å². The normalized spacial score (nSPS) is 20.8. The number of nitrogens with zero attached hydrogens (tertiary/aromatic N) is 1. The highest BCUT2D eigenvalue weighted by Crippen LogP contribution is 2.18. The summed E-state index contributed by atoms with van der Waals surface area (Å²) in [5.41, 5.74) is -0.492. The zero-order chi connectivity index (χ0) is 13.8. The number of ether oxygens (including phenoxy) is 1. The topological polar surface area (TPSA) is 95.9 Å². The van der Waals surface area contributed by atoms with Gasteiger partial charge < -0.3 is 9.84 Å². The summed E-state index contributed by atoms with van der Waals surface area (Å²) in [4.78, 5) is 10.3. The maximum absolute atomic E-state index is 11.9. The van der Waals surface area contributed by atoms with Crippen LogP contribution < -0.4 is 4.72 Å². The molecule has 0 amide bonds. The van der Waals surface area contributed by atoms with E-state index < -0.39 is 21.8 Å². The number of rotatable bonds is 6. The summed E-state index contributed by atoms with van der Waals surface area (Å²) in [6.45, 7) is 4.77. The molecular formula is C10H20N2O5S. The quantitative estimate of drug-likeness (QED) is 0.657. The minimum Gasteiger partial charge on any atom is -0.481 e. The number of carboxylic acid groups (broad SMARTS) is 1. The van der Waals surface area contributed by atoms with Crippen molar-refractivity contribution in [2.24, 2.45) is 0 Å². The zero-order valence-corrected chi connectivity index (χ0v) is 11.5. The molecule has 0 atom stereocenters. The maximum atomic E-state index is 11.9. The predicted molar refractivity (Wildman–Crippen MR) is 65.4 cm³/mol. The second-order valence-electron chi connectivity index (χ2n) is 4.84. The molecule has 1 aliphatic rings. The maximum Gasteiger partial charge on any atom is 0.303 e. The summed E-state index contributed by atoms with van der Waals surface area (Å²) in [6, 6.07) is 0. The van der Waals surface area contributed by atoms with Crippen molar-refractivity contribution in [1.82, 2.24) is 9.03 Å². The molecule has 0 unspecified atom stereocenters. The number of morpholine rings is 1. The van der Waals surface area contributed by atoms with Gasteiger partial charge in [0.2, 0.25) is 0 Å². The molecule has 7 nitrogen and oxygen atoms in total. The van der Waals surface area contributed by atoms with Crippen LogP contribution in [0.15, 0.2) is 0 Å². The van der Waals surface area contributed by atoms with Gasteiger partial charge in [0.15, 0.2) is 0 Å². The van der Waals surface area contributed by atoms with E-state index in [9.17, 15) is 13.2 Å². The van der Waals surface area contributed by atoms with E-state index in [1.165, 1.54) is 4.31 Å². The van der Waals surface area contributed by atoms with Crippen molar-refractivity contribution >= 4 is 16.2 Å². The molecule has 0 saturated carbocycles. The van der Waals surface area contributed by atoms with Gasteiger partial charge in [0, 0.05) is 26.1 Å². The molecule has 0 bridgehead atoms. The van der Waals surface area contributed by atoms with Gasteiger partial charge in [-0.3, -0.25) is 4.79 Å². The first kappa shape index (κ1) is 15.4. The Morgan fingerprint density at radius 2 is 2.17 bits per heavy atom. The molecule has 1 saturated heterocycles. The zero-order valence-electron chi connectivity index (χ0n) is 10.7. The van der Waals surface area contributed by atoms with Gasteiger partial charge in [0.25, 0.3) is 10.2 Å². The molecule has 0 aromatic heterocycles. The summed E-state index contributed by atoms with van der Waals surface area (Å²) in [5, 5.41) is 8.46. The summed E-state index contributed by atoms with van der Waals surface area (Å²) in [6.07, 6.45) is 0.236. The molecule has 2 N–H and O–H groups in total. The molecule has 0 spiro atoms. The van der Waals surface area contributed by atoms with Crippen LogP contribution in [0, 0.1) is 0 Å². The van der Waals surface area contributed by atoms with E-state index in [0.29, 0.717) is 19.7 Å². The number of nitrogens with one attached hydrogen (secondary N) is 1. The van der Waals surface area contributed by atoms with Crippen LogP contribution in [0.4, 0.5) is 0 Å². The largest absolute Gasteiger partial charge is 0.481 e. The van der Waals surface area contributed by atoms with E-state index in [1.807, 2.05) is 13.8 Å². The second kappa shape index (κ2) is 5.96. The first-order chi connectivity index (χ1) is 8.23. The number of hydrogen-bond acceptors (Lipinski definition) is 4. The van der Waals surface area contributed by atoms with Crippen LogP contribution in [0.25, 0.3) is 0 Å². The summed E-state index contributed by atoms with van der Waals surface area (Å²) in [7, 11) is -3.54. The lowest BCUT2D eigenvalue weighted by molar-refractivity contribution is -0.137. The number of aliphatic carboxylic acids is 1. The Kier molecular flexibility index (Phi) is 5.09. The van der Waals surface area contributed by atoms with E-state index in [0.717, 1.165) is 0 Å². The fraction of sp³-hybridized carbons (Fsp3) is 0.900. The van der Waals surface area contributed by atoms with Crippen LogP contribution in [-0.2, 0) is 19.7 Å². The van der Waals surface area contributed by atoms with Crippen molar-refractivity contribution in [1.29, 1.82) is 0 Å². The van der Waals surface area contributed by atoms with Gasteiger partial charge >= 0.3 is 5.97 Å².